The molecule has 0 unspecified atom stereocenters. The van der Waals surface area contributed by atoms with Crippen molar-refractivity contribution >= 4 is 5.97 Å². The van der Waals surface area contributed by atoms with Gasteiger partial charge in [0.25, 0.3) is 0 Å². The van der Waals surface area contributed by atoms with Crippen LogP contribution in [-0.2, 0) is 9.53 Å². The number of nitrogens with two attached hydrogens (primary N) is 1. The van der Waals surface area contributed by atoms with E-state index in [2.05, 4.69) is 12.1 Å². The van der Waals surface area contributed by atoms with E-state index in [9.17, 15) is 4.79 Å². The Morgan fingerprint density at radius 1 is 1.35 bits per heavy atom. The average Bonchev–Trinajstić information content (AvgIpc) is 2.36. The van der Waals surface area contributed by atoms with E-state index in [4.69, 9.17) is 10.5 Å². The maximum absolute atomic E-state index is 11.5. The first kappa shape index (κ1) is 13.7. The van der Waals surface area contributed by atoms with Crippen LogP contribution >= 0.6 is 0 Å². The van der Waals surface area contributed by atoms with Crippen LogP contribution in [0.2, 0.25) is 0 Å². The molecule has 0 aliphatic heterocycles. The molecule has 0 spiro atoms. The van der Waals surface area contributed by atoms with Gasteiger partial charge in [-0.15, -0.1) is 0 Å². The van der Waals surface area contributed by atoms with E-state index in [1.54, 1.807) is 0 Å². The van der Waals surface area contributed by atoms with Gasteiger partial charge in [0, 0.05) is 0 Å². The van der Waals surface area contributed by atoms with Gasteiger partial charge in [-0.25, -0.2) is 0 Å². The third kappa shape index (κ3) is 5.00. The summed E-state index contributed by atoms with van der Waals surface area (Å²) in [7, 11) is 0. The molecule has 3 heteroatoms. The van der Waals surface area contributed by atoms with Crippen LogP contribution in [-0.4, -0.2) is 19.1 Å². The molecule has 1 aromatic rings. The summed E-state index contributed by atoms with van der Waals surface area (Å²) in [4.78, 5) is 11.5. The molecule has 1 aromatic carbocycles. The molecule has 0 radical (unpaired) electrons. The molecule has 0 aliphatic rings. The number of benzene rings is 1. The number of esters is 1. The van der Waals surface area contributed by atoms with E-state index in [1.165, 1.54) is 5.56 Å². The fourth-order valence-electron chi connectivity index (χ4n) is 1.90. The second kappa shape index (κ2) is 7.85. The van der Waals surface area contributed by atoms with E-state index in [-0.39, 0.29) is 11.9 Å². The first-order chi connectivity index (χ1) is 8.27. The average molecular weight is 235 g/mol. The molecule has 0 amide bonds. The first-order valence-corrected chi connectivity index (χ1v) is 6.18. The van der Waals surface area contributed by atoms with Gasteiger partial charge in [0.15, 0.2) is 0 Å². The van der Waals surface area contributed by atoms with Crippen LogP contribution in [0.15, 0.2) is 30.3 Å². The Bertz CT molecular complexity index is 324. The topological polar surface area (TPSA) is 52.3 Å². The van der Waals surface area contributed by atoms with Crippen molar-refractivity contribution in [3.8, 4) is 0 Å². The molecule has 0 saturated carbocycles. The van der Waals surface area contributed by atoms with Crippen LogP contribution < -0.4 is 5.73 Å². The molecule has 0 saturated heterocycles. The third-order valence-corrected chi connectivity index (χ3v) is 2.75. The fraction of sp³-hybridized carbons (Fsp3) is 0.500. The van der Waals surface area contributed by atoms with Crippen molar-refractivity contribution in [2.45, 2.75) is 32.1 Å². The Hall–Kier alpha value is -1.35. The highest BCUT2D eigenvalue weighted by Gasteiger charge is 2.16. The summed E-state index contributed by atoms with van der Waals surface area (Å²) in [6.45, 7) is 2.93. The summed E-state index contributed by atoms with van der Waals surface area (Å²) in [5.74, 6) is 0.0946. The maximum Gasteiger partial charge on any atom is 0.306 e. The smallest absolute Gasteiger partial charge is 0.306 e. The normalized spacial score (nSPS) is 12.1. The van der Waals surface area contributed by atoms with Crippen LogP contribution in [0.1, 0.15) is 37.7 Å². The van der Waals surface area contributed by atoms with Gasteiger partial charge in [-0.3, -0.25) is 4.79 Å². The van der Waals surface area contributed by atoms with Crippen molar-refractivity contribution in [3.05, 3.63) is 35.9 Å². The summed E-state index contributed by atoms with van der Waals surface area (Å²) in [6, 6.07) is 10.1. The number of carbonyl (C=O) groups is 1. The van der Waals surface area contributed by atoms with Gasteiger partial charge in [0.1, 0.15) is 0 Å². The zero-order valence-corrected chi connectivity index (χ0v) is 10.4. The first-order valence-electron chi connectivity index (χ1n) is 6.18. The molecule has 0 aliphatic carbocycles. The van der Waals surface area contributed by atoms with E-state index in [0.29, 0.717) is 19.6 Å². The summed E-state index contributed by atoms with van der Waals surface area (Å²) < 4.78 is 5.00. The zero-order valence-electron chi connectivity index (χ0n) is 10.4. The molecular weight excluding hydrogens is 214 g/mol. The van der Waals surface area contributed by atoms with E-state index in [0.717, 1.165) is 12.8 Å². The minimum Gasteiger partial charge on any atom is -0.466 e. The Morgan fingerprint density at radius 2 is 2.06 bits per heavy atom. The SMILES string of the molecule is CCOC(=O)C[C@@H](CCCN)c1ccccc1. The van der Waals surface area contributed by atoms with Gasteiger partial charge in [-0.05, 0) is 37.8 Å². The van der Waals surface area contributed by atoms with E-state index in [1.807, 2.05) is 25.1 Å². The van der Waals surface area contributed by atoms with Gasteiger partial charge < -0.3 is 10.5 Å². The number of ether oxygens (including phenoxy) is 1. The number of hydrogen-bond acceptors (Lipinski definition) is 3. The molecule has 0 fully saturated rings. The molecule has 0 bridgehead atoms. The zero-order chi connectivity index (χ0) is 12.5. The van der Waals surface area contributed by atoms with Crippen LogP contribution in [0, 0.1) is 0 Å². The molecule has 94 valence electrons. The van der Waals surface area contributed by atoms with E-state index >= 15 is 0 Å². The predicted molar refractivity (Wildman–Crippen MR) is 68.7 cm³/mol. The molecule has 1 atom stereocenters. The van der Waals surface area contributed by atoms with Crippen LogP contribution in [0.25, 0.3) is 0 Å². The molecular formula is C14H21NO2. The minimum atomic E-state index is -0.127. The van der Waals surface area contributed by atoms with Crippen molar-refractivity contribution in [2.24, 2.45) is 5.73 Å². The quantitative estimate of drug-likeness (QED) is 0.739. The van der Waals surface area contributed by atoms with Crippen molar-refractivity contribution in [3.63, 3.8) is 0 Å². The van der Waals surface area contributed by atoms with Crippen LogP contribution in [0.5, 0.6) is 0 Å². The van der Waals surface area contributed by atoms with Crippen molar-refractivity contribution in [2.75, 3.05) is 13.2 Å². The highest BCUT2D eigenvalue weighted by atomic mass is 16.5. The highest BCUT2D eigenvalue weighted by Crippen LogP contribution is 2.24. The molecule has 1 rings (SSSR count). The lowest BCUT2D eigenvalue weighted by molar-refractivity contribution is -0.143. The second-order valence-corrected chi connectivity index (χ2v) is 4.05. The fourth-order valence-corrected chi connectivity index (χ4v) is 1.90. The van der Waals surface area contributed by atoms with Crippen molar-refractivity contribution in [1.82, 2.24) is 0 Å². The molecule has 17 heavy (non-hydrogen) atoms. The van der Waals surface area contributed by atoms with Gasteiger partial charge in [0.05, 0.1) is 13.0 Å². The molecule has 0 heterocycles. The van der Waals surface area contributed by atoms with Gasteiger partial charge in [0.2, 0.25) is 0 Å². The molecule has 3 nitrogen and oxygen atoms in total. The summed E-state index contributed by atoms with van der Waals surface area (Å²) in [5.41, 5.74) is 6.72. The van der Waals surface area contributed by atoms with Crippen molar-refractivity contribution in [1.29, 1.82) is 0 Å². The van der Waals surface area contributed by atoms with Crippen LogP contribution in [0.3, 0.4) is 0 Å². The number of hydrogen-bond donors (Lipinski definition) is 1. The number of rotatable bonds is 7. The minimum absolute atomic E-state index is 0.127. The Kier molecular flexibility index (Phi) is 6.33. The Morgan fingerprint density at radius 3 is 2.65 bits per heavy atom. The molecule has 2 N–H and O–H groups in total. The maximum atomic E-state index is 11.5. The lowest BCUT2D eigenvalue weighted by Gasteiger charge is -2.16. The highest BCUT2D eigenvalue weighted by molar-refractivity contribution is 5.70. The van der Waals surface area contributed by atoms with Gasteiger partial charge >= 0.3 is 5.97 Å². The Balaban J connectivity index is 2.63. The number of carbonyl (C=O) groups excluding carboxylic acids is 1. The van der Waals surface area contributed by atoms with Gasteiger partial charge in [-0.1, -0.05) is 30.3 Å². The lowest BCUT2D eigenvalue weighted by atomic mass is 9.91. The monoisotopic (exact) mass is 235 g/mol. The third-order valence-electron chi connectivity index (χ3n) is 2.75. The summed E-state index contributed by atoms with van der Waals surface area (Å²) in [6.07, 6.45) is 2.30. The van der Waals surface area contributed by atoms with Crippen LogP contribution in [0.4, 0.5) is 0 Å². The lowest BCUT2D eigenvalue weighted by Crippen LogP contribution is -2.12. The van der Waals surface area contributed by atoms with Gasteiger partial charge in [-0.2, -0.15) is 0 Å². The largest absolute Gasteiger partial charge is 0.466 e. The summed E-state index contributed by atoms with van der Waals surface area (Å²) >= 11 is 0. The predicted octanol–water partition coefficient (Wildman–Crippen LogP) is 2.46. The second-order valence-electron chi connectivity index (χ2n) is 4.05. The molecule has 0 aromatic heterocycles. The van der Waals surface area contributed by atoms with E-state index < -0.39 is 0 Å². The van der Waals surface area contributed by atoms with Crippen molar-refractivity contribution < 1.29 is 9.53 Å². The Labute approximate surface area is 103 Å². The standard InChI is InChI=1S/C14H21NO2/c1-2-17-14(16)11-13(9-6-10-15)12-7-4-3-5-8-12/h3-5,7-8,13H,2,6,9-11,15H2,1H3/t13-/m1/s1. The summed E-state index contributed by atoms with van der Waals surface area (Å²) in [5, 5.41) is 0.